The van der Waals surface area contributed by atoms with Gasteiger partial charge in [0.15, 0.2) is 0 Å². The predicted molar refractivity (Wildman–Crippen MR) is 103 cm³/mol. The lowest BCUT2D eigenvalue weighted by Gasteiger charge is -2.12. The molecule has 0 saturated carbocycles. The molecule has 0 aliphatic heterocycles. The molecule has 0 spiro atoms. The third kappa shape index (κ3) is 4.20. The number of methoxy groups -OCH3 is 1. The number of imide groups is 1. The van der Waals surface area contributed by atoms with E-state index in [0.717, 1.165) is 41.0 Å². The molecule has 0 aromatic carbocycles. The maximum absolute atomic E-state index is 12.5. The summed E-state index contributed by atoms with van der Waals surface area (Å²) >= 11 is 2.93. The molecular formula is C18H18N2O4S2. The van der Waals surface area contributed by atoms with Crippen LogP contribution in [0.3, 0.4) is 0 Å². The molecule has 0 atom stereocenters. The van der Waals surface area contributed by atoms with E-state index >= 15 is 0 Å². The zero-order valence-corrected chi connectivity index (χ0v) is 15.8. The van der Waals surface area contributed by atoms with Crippen LogP contribution in [0.4, 0.5) is 9.80 Å². The van der Waals surface area contributed by atoms with Crippen molar-refractivity contribution >= 4 is 51.7 Å². The first-order valence-electron chi connectivity index (χ1n) is 8.15. The number of aryl methyl sites for hydroxylation is 1. The van der Waals surface area contributed by atoms with E-state index < -0.39 is 12.0 Å². The minimum Gasteiger partial charge on any atom is -0.453 e. The second kappa shape index (κ2) is 8.29. The Morgan fingerprint density at radius 3 is 2.77 bits per heavy atom. The molecule has 6 nitrogen and oxygen atoms in total. The molecule has 0 radical (unpaired) electrons. The Bertz CT molecular complexity index is 853. The predicted octanol–water partition coefficient (Wildman–Crippen LogP) is 3.84. The number of alkyl carbamates (subject to hydrolysis) is 1. The summed E-state index contributed by atoms with van der Waals surface area (Å²) < 4.78 is 4.50. The van der Waals surface area contributed by atoms with Crippen LogP contribution in [0, 0.1) is 0 Å². The van der Waals surface area contributed by atoms with Crippen LogP contribution < -0.4 is 10.6 Å². The van der Waals surface area contributed by atoms with Gasteiger partial charge in [-0.05, 0) is 48.8 Å². The number of hydrogen-bond donors (Lipinski definition) is 2. The van der Waals surface area contributed by atoms with Gasteiger partial charge in [-0.15, -0.1) is 22.7 Å². The van der Waals surface area contributed by atoms with E-state index in [-0.39, 0.29) is 5.91 Å². The van der Waals surface area contributed by atoms with Crippen LogP contribution in [0.2, 0.25) is 0 Å². The van der Waals surface area contributed by atoms with Gasteiger partial charge in [0.05, 0.1) is 12.7 Å². The topological polar surface area (TPSA) is 84.5 Å². The van der Waals surface area contributed by atoms with Gasteiger partial charge < -0.3 is 10.1 Å². The molecule has 1 aliphatic rings. The van der Waals surface area contributed by atoms with Crippen molar-refractivity contribution in [1.29, 1.82) is 0 Å². The lowest BCUT2D eigenvalue weighted by molar-refractivity contribution is -0.111. The molecule has 3 rings (SSSR count). The molecule has 26 heavy (non-hydrogen) atoms. The third-order valence-electron chi connectivity index (χ3n) is 3.98. The van der Waals surface area contributed by atoms with Gasteiger partial charge in [-0.1, -0.05) is 6.07 Å². The highest BCUT2D eigenvalue weighted by Gasteiger charge is 2.27. The number of fused-ring (bicyclic) bond motifs is 1. The summed E-state index contributed by atoms with van der Waals surface area (Å²) in [7, 11) is 1.20. The number of hydrogen-bond acceptors (Lipinski definition) is 6. The molecule has 1 aliphatic carbocycles. The van der Waals surface area contributed by atoms with Crippen LogP contribution in [0.5, 0.6) is 0 Å². The van der Waals surface area contributed by atoms with Crippen molar-refractivity contribution in [2.45, 2.75) is 25.7 Å². The summed E-state index contributed by atoms with van der Waals surface area (Å²) in [5.74, 6) is -0.863. The molecule has 136 valence electrons. The number of rotatable bonds is 4. The van der Waals surface area contributed by atoms with Crippen LogP contribution in [0.1, 0.15) is 38.5 Å². The Morgan fingerprint density at radius 2 is 2.04 bits per heavy atom. The summed E-state index contributed by atoms with van der Waals surface area (Å²) in [6.45, 7) is 0. The summed E-state index contributed by atoms with van der Waals surface area (Å²) in [4.78, 5) is 38.2. The highest BCUT2D eigenvalue weighted by molar-refractivity contribution is 7.17. The lowest BCUT2D eigenvalue weighted by Crippen LogP contribution is -2.31. The minimum atomic E-state index is -0.819. The van der Waals surface area contributed by atoms with E-state index in [2.05, 4.69) is 15.4 Å². The van der Waals surface area contributed by atoms with Gasteiger partial charge >= 0.3 is 6.09 Å². The maximum Gasteiger partial charge on any atom is 0.413 e. The minimum absolute atomic E-state index is 0.316. The van der Waals surface area contributed by atoms with E-state index in [9.17, 15) is 14.4 Å². The van der Waals surface area contributed by atoms with Gasteiger partial charge in [0.1, 0.15) is 5.00 Å². The molecule has 2 aromatic rings. The van der Waals surface area contributed by atoms with Gasteiger partial charge in [-0.2, -0.15) is 0 Å². The Morgan fingerprint density at radius 1 is 1.23 bits per heavy atom. The summed E-state index contributed by atoms with van der Waals surface area (Å²) in [6, 6.07) is 3.82. The largest absolute Gasteiger partial charge is 0.453 e. The van der Waals surface area contributed by atoms with Crippen molar-refractivity contribution in [2.24, 2.45) is 0 Å². The second-order valence-corrected chi connectivity index (χ2v) is 7.78. The fourth-order valence-electron chi connectivity index (χ4n) is 2.80. The Hall–Kier alpha value is -2.45. The molecular weight excluding hydrogens is 372 g/mol. The van der Waals surface area contributed by atoms with Crippen molar-refractivity contribution in [3.05, 3.63) is 44.5 Å². The number of thiophene rings is 2. The van der Waals surface area contributed by atoms with E-state index in [1.54, 1.807) is 6.08 Å². The van der Waals surface area contributed by atoms with Crippen LogP contribution in [-0.2, 0) is 22.4 Å². The third-order valence-corrected chi connectivity index (χ3v) is 6.02. The standard InChI is InChI=1S/C18H18N2O4S2/c1-24-18(23)20-16(22)15-12-6-2-3-7-13(12)26-17(15)19-14(21)9-8-11-5-4-10-25-11/h4-5,8-10H,2-3,6-7H2,1H3,(H,19,21)(H,20,22,23)/b9-8+. The number of anilines is 1. The molecule has 0 unspecified atom stereocenters. The quantitative estimate of drug-likeness (QED) is 0.777. The molecule has 3 amide bonds. The normalized spacial score (nSPS) is 13.3. The lowest BCUT2D eigenvalue weighted by atomic mass is 9.95. The van der Waals surface area contributed by atoms with Crippen molar-refractivity contribution in [3.63, 3.8) is 0 Å². The fraction of sp³-hybridized carbons (Fsp3) is 0.278. The Kier molecular flexibility index (Phi) is 5.85. The summed E-state index contributed by atoms with van der Waals surface area (Å²) in [5.41, 5.74) is 1.29. The maximum atomic E-state index is 12.5. The van der Waals surface area contributed by atoms with Gasteiger partial charge in [0, 0.05) is 15.8 Å². The van der Waals surface area contributed by atoms with Gasteiger partial charge in [-0.3, -0.25) is 14.9 Å². The van der Waals surface area contributed by atoms with E-state index in [0.29, 0.717) is 10.6 Å². The summed E-state index contributed by atoms with van der Waals surface area (Å²) in [5, 5.41) is 7.38. The Labute approximate surface area is 158 Å². The zero-order valence-electron chi connectivity index (χ0n) is 14.2. The number of carbonyl (C=O) groups is 3. The molecule has 2 N–H and O–H groups in total. The first-order valence-corrected chi connectivity index (χ1v) is 9.84. The number of amides is 3. The smallest absolute Gasteiger partial charge is 0.413 e. The average Bonchev–Trinajstić information content (AvgIpc) is 3.26. The number of carbonyl (C=O) groups excluding carboxylic acids is 3. The van der Waals surface area contributed by atoms with Crippen LogP contribution in [-0.4, -0.2) is 25.0 Å². The van der Waals surface area contributed by atoms with Gasteiger partial charge in [-0.25, -0.2) is 4.79 Å². The van der Waals surface area contributed by atoms with Crippen LogP contribution >= 0.6 is 22.7 Å². The fourth-order valence-corrected chi connectivity index (χ4v) is 4.71. The second-order valence-electron chi connectivity index (χ2n) is 5.70. The number of ether oxygens (including phenoxy) is 1. The van der Waals surface area contributed by atoms with Gasteiger partial charge in [0.2, 0.25) is 5.91 Å². The van der Waals surface area contributed by atoms with E-state index in [1.807, 2.05) is 17.5 Å². The molecule has 0 fully saturated rings. The Balaban J connectivity index is 1.83. The SMILES string of the molecule is COC(=O)NC(=O)c1c(NC(=O)/C=C/c2cccs2)sc2c1CCCC2. The van der Waals surface area contributed by atoms with Gasteiger partial charge in [0.25, 0.3) is 5.91 Å². The van der Waals surface area contributed by atoms with Crippen molar-refractivity contribution in [1.82, 2.24) is 5.32 Å². The molecule has 0 saturated heterocycles. The first kappa shape index (κ1) is 18.3. The number of nitrogens with one attached hydrogen (secondary N) is 2. The van der Waals surface area contributed by atoms with Crippen molar-refractivity contribution in [2.75, 3.05) is 12.4 Å². The van der Waals surface area contributed by atoms with Crippen LogP contribution in [0.15, 0.2) is 23.6 Å². The monoisotopic (exact) mass is 390 g/mol. The van der Waals surface area contributed by atoms with Crippen molar-refractivity contribution in [3.8, 4) is 0 Å². The average molecular weight is 390 g/mol. The first-order chi connectivity index (χ1) is 12.6. The molecule has 8 heteroatoms. The van der Waals surface area contributed by atoms with E-state index in [4.69, 9.17) is 0 Å². The molecule has 0 bridgehead atoms. The van der Waals surface area contributed by atoms with Crippen LogP contribution in [0.25, 0.3) is 6.08 Å². The van der Waals surface area contributed by atoms with Crippen molar-refractivity contribution < 1.29 is 19.1 Å². The summed E-state index contributed by atoms with van der Waals surface area (Å²) in [6.07, 6.45) is 6.01. The highest BCUT2D eigenvalue weighted by Crippen LogP contribution is 2.38. The highest BCUT2D eigenvalue weighted by atomic mass is 32.1. The molecule has 2 heterocycles. The molecule has 2 aromatic heterocycles. The zero-order chi connectivity index (χ0) is 18.5. The van der Waals surface area contributed by atoms with E-state index in [1.165, 1.54) is 35.9 Å².